The van der Waals surface area contributed by atoms with E-state index in [0.717, 1.165) is 11.1 Å². The van der Waals surface area contributed by atoms with Crippen LogP contribution in [-0.2, 0) is 6.54 Å². The van der Waals surface area contributed by atoms with Crippen molar-refractivity contribution in [1.29, 1.82) is 0 Å². The van der Waals surface area contributed by atoms with Crippen LogP contribution in [-0.4, -0.2) is 6.04 Å². The number of thiophene rings is 1. The molecule has 1 heterocycles. The Morgan fingerprint density at radius 2 is 2.12 bits per heavy atom. The quantitative estimate of drug-likeness (QED) is 0.862. The van der Waals surface area contributed by atoms with Crippen molar-refractivity contribution < 1.29 is 4.39 Å². The Hall–Kier alpha value is -1.19. The predicted molar refractivity (Wildman–Crippen MR) is 71.7 cm³/mol. The van der Waals surface area contributed by atoms with Gasteiger partial charge in [0.05, 0.1) is 0 Å². The fraction of sp³-hybridized carbons (Fsp3) is 0.286. The molecule has 17 heavy (non-hydrogen) atoms. The molecule has 0 saturated heterocycles. The summed E-state index contributed by atoms with van der Waals surface area (Å²) in [5, 5.41) is 5.37. The maximum Gasteiger partial charge on any atom is 0.123 e. The Balaban J connectivity index is 2.31. The summed E-state index contributed by atoms with van der Waals surface area (Å²) in [4.78, 5) is 1.19. The zero-order valence-electron chi connectivity index (χ0n) is 10.0. The summed E-state index contributed by atoms with van der Waals surface area (Å²) in [5.74, 6) is -0.175. The first-order valence-electron chi connectivity index (χ1n) is 5.72. The average Bonchev–Trinajstić information content (AvgIpc) is 2.80. The number of rotatable bonds is 4. The van der Waals surface area contributed by atoms with E-state index in [9.17, 15) is 4.39 Å². The van der Waals surface area contributed by atoms with E-state index in [1.165, 1.54) is 10.9 Å². The van der Waals surface area contributed by atoms with E-state index >= 15 is 0 Å². The van der Waals surface area contributed by atoms with Crippen molar-refractivity contribution >= 4 is 11.3 Å². The van der Waals surface area contributed by atoms with Gasteiger partial charge in [-0.3, -0.25) is 0 Å². The zero-order valence-corrected chi connectivity index (χ0v) is 10.9. The molecule has 0 spiro atoms. The van der Waals surface area contributed by atoms with Gasteiger partial charge in [0.2, 0.25) is 0 Å². The van der Waals surface area contributed by atoms with Gasteiger partial charge in [0.1, 0.15) is 5.82 Å². The minimum absolute atomic E-state index is 0.175. The fourth-order valence-electron chi connectivity index (χ4n) is 1.69. The van der Waals surface area contributed by atoms with E-state index in [-0.39, 0.29) is 5.82 Å². The summed E-state index contributed by atoms with van der Waals surface area (Å²) in [6, 6.07) is 9.48. The van der Waals surface area contributed by atoms with E-state index < -0.39 is 0 Å². The number of nitrogens with one attached hydrogen (secondary N) is 1. The maximum absolute atomic E-state index is 13.3. The van der Waals surface area contributed by atoms with E-state index in [0.29, 0.717) is 12.6 Å². The van der Waals surface area contributed by atoms with Gasteiger partial charge in [0.15, 0.2) is 0 Å². The minimum Gasteiger partial charge on any atom is -0.310 e. The Morgan fingerprint density at radius 3 is 2.76 bits per heavy atom. The van der Waals surface area contributed by atoms with E-state index in [1.54, 1.807) is 17.4 Å². The summed E-state index contributed by atoms with van der Waals surface area (Å²) in [6.45, 7) is 4.87. The number of benzene rings is 1. The van der Waals surface area contributed by atoms with Crippen LogP contribution in [0.3, 0.4) is 0 Å². The predicted octanol–water partition coefficient (Wildman–Crippen LogP) is 4.05. The van der Waals surface area contributed by atoms with E-state index in [1.807, 2.05) is 17.5 Å². The van der Waals surface area contributed by atoms with Crippen LogP contribution in [0.15, 0.2) is 35.7 Å². The lowest BCUT2D eigenvalue weighted by Crippen LogP contribution is -2.22. The van der Waals surface area contributed by atoms with Crippen molar-refractivity contribution in [2.75, 3.05) is 0 Å². The molecule has 0 aliphatic heterocycles. The molecular weight excluding hydrogens is 233 g/mol. The highest BCUT2D eigenvalue weighted by Gasteiger charge is 2.07. The lowest BCUT2D eigenvalue weighted by Gasteiger charge is -2.12. The summed E-state index contributed by atoms with van der Waals surface area (Å²) in [7, 11) is 0. The molecule has 0 fully saturated rings. The summed E-state index contributed by atoms with van der Waals surface area (Å²) < 4.78 is 13.3. The second kappa shape index (κ2) is 5.43. The Bertz CT molecular complexity index is 477. The topological polar surface area (TPSA) is 12.0 Å². The first kappa shape index (κ1) is 12.3. The van der Waals surface area contributed by atoms with Gasteiger partial charge < -0.3 is 5.32 Å². The van der Waals surface area contributed by atoms with Crippen molar-refractivity contribution in [1.82, 2.24) is 5.32 Å². The van der Waals surface area contributed by atoms with Gasteiger partial charge in [-0.25, -0.2) is 4.39 Å². The highest BCUT2D eigenvalue weighted by molar-refractivity contribution is 7.13. The Kier molecular flexibility index (Phi) is 3.92. The second-order valence-electron chi connectivity index (χ2n) is 4.31. The molecule has 0 atom stereocenters. The molecule has 0 bridgehead atoms. The van der Waals surface area contributed by atoms with Crippen molar-refractivity contribution in [3.8, 4) is 10.4 Å². The summed E-state index contributed by atoms with van der Waals surface area (Å²) >= 11 is 1.68. The SMILES string of the molecule is CC(C)NCc1cc(F)ccc1-c1cccs1. The van der Waals surface area contributed by atoms with Crippen LogP contribution in [0.25, 0.3) is 10.4 Å². The van der Waals surface area contributed by atoms with Crippen molar-refractivity contribution in [2.45, 2.75) is 26.4 Å². The van der Waals surface area contributed by atoms with Crippen LogP contribution >= 0.6 is 11.3 Å². The number of hydrogen-bond donors (Lipinski definition) is 1. The third-order valence-electron chi connectivity index (χ3n) is 2.55. The number of hydrogen-bond acceptors (Lipinski definition) is 2. The van der Waals surface area contributed by atoms with E-state index in [2.05, 4.69) is 25.2 Å². The monoisotopic (exact) mass is 249 g/mol. The Labute approximate surface area is 105 Å². The van der Waals surface area contributed by atoms with Gasteiger partial charge in [-0.2, -0.15) is 0 Å². The molecule has 90 valence electrons. The van der Waals surface area contributed by atoms with Crippen molar-refractivity contribution in [3.05, 3.63) is 47.1 Å². The van der Waals surface area contributed by atoms with Gasteiger partial charge in [0.25, 0.3) is 0 Å². The van der Waals surface area contributed by atoms with Gasteiger partial charge in [-0.1, -0.05) is 26.0 Å². The number of halogens is 1. The summed E-state index contributed by atoms with van der Waals surface area (Å²) in [6.07, 6.45) is 0. The molecule has 1 aromatic carbocycles. The maximum atomic E-state index is 13.3. The molecule has 3 heteroatoms. The smallest absolute Gasteiger partial charge is 0.123 e. The molecule has 0 aliphatic rings. The molecule has 1 N–H and O–H groups in total. The van der Waals surface area contributed by atoms with Gasteiger partial charge >= 0.3 is 0 Å². The molecule has 0 radical (unpaired) electrons. The van der Waals surface area contributed by atoms with Crippen LogP contribution in [0.2, 0.25) is 0 Å². The van der Waals surface area contributed by atoms with Gasteiger partial charge in [0, 0.05) is 17.5 Å². The van der Waals surface area contributed by atoms with Crippen LogP contribution < -0.4 is 5.32 Å². The van der Waals surface area contributed by atoms with Crippen molar-refractivity contribution in [3.63, 3.8) is 0 Å². The molecule has 1 aromatic heterocycles. The average molecular weight is 249 g/mol. The molecule has 0 unspecified atom stereocenters. The standard InChI is InChI=1S/C14H16FNS/c1-10(2)16-9-11-8-12(15)5-6-13(11)14-4-3-7-17-14/h3-8,10,16H,9H2,1-2H3. The first-order chi connectivity index (χ1) is 8.16. The molecular formula is C14H16FNS. The largest absolute Gasteiger partial charge is 0.310 e. The molecule has 0 saturated carbocycles. The molecule has 0 amide bonds. The van der Waals surface area contributed by atoms with Gasteiger partial charge in [-0.15, -0.1) is 11.3 Å². The minimum atomic E-state index is -0.175. The molecule has 2 aromatic rings. The molecule has 0 aliphatic carbocycles. The zero-order chi connectivity index (χ0) is 12.3. The summed E-state index contributed by atoms with van der Waals surface area (Å²) in [5.41, 5.74) is 2.13. The Morgan fingerprint density at radius 1 is 1.29 bits per heavy atom. The third-order valence-corrected chi connectivity index (χ3v) is 3.46. The van der Waals surface area contributed by atoms with Crippen molar-refractivity contribution in [2.24, 2.45) is 0 Å². The van der Waals surface area contributed by atoms with Crippen LogP contribution in [0.1, 0.15) is 19.4 Å². The molecule has 2 rings (SSSR count). The van der Waals surface area contributed by atoms with Crippen LogP contribution in [0, 0.1) is 5.82 Å². The lowest BCUT2D eigenvalue weighted by molar-refractivity contribution is 0.582. The van der Waals surface area contributed by atoms with E-state index in [4.69, 9.17) is 0 Å². The first-order valence-corrected chi connectivity index (χ1v) is 6.60. The lowest BCUT2D eigenvalue weighted by atomic mass is 10.1. The fourth-order valence-corrected chi connectivity index (χ4v) is 2.48. The highest BCUT2D eigenvalue weighted by Crippen LogP contribution is 2.28. The highest BCUT2D eigenvalue weighted by atomic mass is 32.1. The third kappa shape index (κ3) is 3.14. The van der Waals surface area contributed by atoms with Gasteiger partial charge in [-0.05, 0) is 34.7 Å². The normalized spacial score (nSPS) is 11.1. The van der Waals surface area contributed by atoms with Crippen LogP contribution in [0.5, 0.6) is 0 Å². The second-order valence-corrected chi connectivity index (χ2v) is 5.26. The molecule has 1 nitrogen and oxygen atoms in total. The van der Waals surface area contributed by atoms with Crippen LogP contribution in [0.4, 0.5) is 4.39 Å².